The van der Waals surface area contributed by atoms with Gasteiger partial charge in [-0.3, -0.25) is 9.36 Å². The normalized spacial score (nSPS) is 13.2. The van der Waals surface area contributed by atoms with Gasteiger partial charge in [0, 0.05) is 0 Å². The van der Waals surface area contributed by atoms with Crippen LogP contribution in [0, 0.1) is 5.82 Å². The molecule has 0 bridgehead atoms. The minimum absolute atomic E-state index is 0.0907. The lowest BCUT2D eigenvalue weighted by molar-refractivity contribution is 0.630. The van der Waals surface area contributed by atoms with E-state index in [-0.39, 0.29) is 29.3 Å². The highest BCUT2D eigenvalue weighted by atomic mass is 19.1. The van der Waals surface area contributed by atoms with Crippen molar-refractivity contribution in [3.8, 4) is 17.2 Å². The third kappa shape index (κ3) is 3.20. The van der Waals surface area contributed by atoms with Gasteiger partial charge < -0.3 is 10.3 Å². The average Bonchev–Trinajstić information content (AvgIpc) is 3.17. The Morgan fingerprint density at radius 3 is 2.81 bits per heavy atom. The second kappa shape index (κ2) is 7.60. The molecule has 5 rings (SSSR count). The molecule has 0 amide bonds. The molecule has 0 fully saturated rings. The fourth-order valence-electron chi connectivity index (χ4n) is 3.56. The van der Waals surface area contributed by atoms with Gasteiger partial charge in [0.2, 0.25) is 0 Å². The van der Waals surface area contributed by atoms with Crippen LogP contribution in [0.15, 0.2) is 65.9 Å². The molecule has 3 heterocycles. The maximum atomic E-state index is 14.6. The molecule has 0 aliphatic carbocycles. The van der Waals surface area contributed by atoms with Crippen LogP contribution in [0.4, 0.5) is 10.2 Å². The number of para-hydroxylation sites is 1. The molecular weight excluding hydrogens is 397 g/mol. The van der Waals surface area contributed by atoms with Crippen LogP contribution in [0.5, 0.6) is 0 Å². The van der Waals surface area contributed by atoms with Gasteiger partial charge in [0.1, 0.15) is 37.6 Å². The molecular formula is C22H18FN7O. The van der Waals surface area contributed by atoms with Gasteiger partial charge in [0.25, 0.3) is 5.56 Å². The SMILES string of the molecule is [2H]c1nc2nc([2H])[nH]c(N[C@@H](CC)c3nc4cccc(F)c4c(=O)n3-c3ccccc3)c-2n1. The first kappa shape index (κ1) is 16.6. The molecule has 0 spiro atoms. The van der Waals surface area contributed by atoms with Crippen LogP contribution in [-0.4, -0.2) is 29.5 Å². The molecule has 0 saturated heterocycles. The fraction of sp³-hybridized carbons (Fsp3) is 0.136. The van der Waals surface area contributed by atoms with E-state index in [1.807, 2.05) is 13.0 Å². The Labute approximate surface area is 179 Å². The van der Waals surface area contributed by atoms with Crippen molar-refractivity contribution < 1.29 is 7.13 Å². The Kier molecular flexibility index (Phi) is 4.08. The minimum atomic E-state index is -0.639. The Morgan fingerprint density at radius 1 is 1.16 bits per heavy atom. The molecule has 31 heavy (non-hydrogen) atoms. The summed E-state index contributed by atoms with van der Waals surface area (Å²) in [5, 5.41) is 3.15. The van der Waals surface area contributed by atoms with E-state index in [0.29, 0.717) is 29.4 Å². The van der Waals surface area contributed by atoms with Crippen molar-refractivity contribution in [1.29, 1.82) is 0 Å². The van der Waals surface area contributed by atoms with Gasteiger partial charge in [0.05, 0.1) is 23.5 Å². The summed E-state index contributed by atoms with van der Waals surface area (Å²) >= 11 is 0. The van der Waals surface area contributed by atoms with Crippen molar-refractivity contribution in [3.63, 3.8) is 0 Å². The first-order valence-corrected chi connectivity index (χ1v) is 9.70. The predicted octanol–water partition coefficient (Wildman–Crippen LogP) is 3.71. The molecule has 154 valence electrons. The maximum Gasteiger partial charge on any atom is 0.269 e. The largest absolute Gasteiger partial charge is 0.360 e. The van der Waals surface area contributed by atoms with E-state index in [2.05, 4.69) is 30.2 Å². The summed E-state index contributed by atoms with van der Waals surface area (Å²) in [6, 6.07) is 12.7. The highest BCUT2D eigenvalue weighted by Gasteiger charge is 2.23. The molecule has 8 nitrogen and oxygen atoms in total. The molecule has 0 radical (unpaired) electrons. The molecule has 3 aromatic rings. The quantitative estimate of drug-likeness (QED) is 0.452. The zero-order valence-corrected chi connectivity index (χ0v) is 16.4. The number of anilines is 1. The number of aromatic nitrogens is 6. The van der Waals surface area contributed by atoms with E-state index in [4.69, 9.17) is 2.74 Å². The van der Waals surface area contributed by atoms with Crippen molar-refractivity contribution in [2.24, 2.45) is 0 Å². The van der Waals surface area contributed by atoms with Gasteiger partial charge >= 0.3 is 0 Å². The molecule has 2 aliphatic heterocycles. The van der Waals surface area contributed by atoms with Crippen LogP contribution in [0.3, 0.4) is 0 Å². The summed E-state index contributed by atoms with van der Waals surface area (Å²) in [4.78, 5) is 32.9. The Balaban J connectivity index is 1.73. The van der Waals surface area contributed by atoms with Crippen LogP contribution < -0.4 is 10.9 Å². The van der Waals surface area contributed by atoms with E-state index >= 15 is 0 Å². The summed E-state index contributed by atoms with van der Waals surface area (Å²) in [7, 11) is 0. The van der Waals surface area contributed by atoms with E-state index in [1.165, 1.54) is 16.7 Å². The smallest absolute Gasteiger partial charge is 0.269 e. The molecule has 2 aliphatic rings. The molecule has 2 aromatic carbocycles. The zero-order chi connectivity index (χ0) is 23.1. The molecule has 0 unspecified atom stereocenters. The Hall–Kier alpha value is -4.14. The highest BCUT2D eigenvalue weighted by molar-refractivity contribution is 5.79. The Morgan fingerprint density at radius 2 is 2.00 bits per heavy atom. The van der Waals surface area contributed by atoms with Crippen molar-refractivity contribution in [1.82, 2.24) is 29.5 Å². The standard InChI is InChI=1S/C22H18FN7O/c1-2-15(28-20-18-19(25-11-24-18)26-12-27-20)21-29-16-10-6-9-14(23)17(16)22(31)30(21)13-7-4-3-5-8-13/h3-12,15H,2H2,1H3,(H2,24,25,26,27,28)/t15-/m0/s1/i11D,12D. The number of imidazole rings is 1. The first-order valence-electron chi connectivity index (χ1n) is 10.7. The van der Waals surface area contributed by atoms with Crippen LogP contribution in [0.2, 0.25) is 0 Å². The van der Waals surface area contributed by atoms with Crippen molar-refractivity contribution in [3.05, 3.63) is 83.1 Å². The number of fused-ring (bicyclic) bond motifs is 2. The lowest BCUT2D eigenvalue weighted by Crippen LogP contribution is -2.29. The number of benzene rings is 2. The summed E-state index contributed by atoms with van der Waals surface area (Å²) < 4.78 is 31.6. The average molecular weight is 417 g/mol. The van der Waals surface area contributed by atoms with Gasteiger partial charge in [-0.05, 0) is 30.7 Å². The lowest BCUT2D eigenvalue weighted by Gasteiger charge is -2.23. The predicted molar refractivity (Wildman–Crippen MR) is 115 cm³/mol. The first-order chi connectivity index (χ1) is 16.0. The monoisotopic (exact) mass is 417 g/mol. The van der Waals surface area contributed by atoms with Gasteiger partial charge in [-0.15, -0.1) is 0 Å². The van der Waals surface area contributed by atoms with Gasteiger partial charge in [-0.2, -0.15) is 0 Å². The minimum Gasteiger partial charge on any atom is -0.360 e. The number of rotatable bonds is 5. The topological polar surface area (TPSA) is 101 Å². The zero-order valence-electron chi connectivity index (χ0n) is 18.4. The number of nitrogens with one attached hydrogen (secondary N) is 2. The summed E-state index contributed by atoms with van der Waals surface area (Å²) in [5.74, 6) is 0.216. The second-order valence-corrected chi connectivity index (χ2v) is 6.90. The number of halogens is 1. The Bertz CT molecular complexity index is 1500. The third-order valence-corrected chi connectivity index (χ3v) is 5.03. The second-order valence-electron chi connectivity index (χ2n) is 6.90. The van der Waals surface area contributed by atoms with Crippen LogP contribution in [0.25, 0.3) is 28.1 Å². The third-order valence-electron chi connectivity index (χ3n) is 5.03. The van der Waals surface area contributed by atoms with Crippen molar-refractivity contribution in [2.75, 3.05) is 5.32 Å². The summed E-state index contributed by atoms with van der Waals surface area (Å²) in [6.07, 6.45) is 0.120. The molecule has 1 aromatic heterocycles. The van der Waals surface area contributed by atoms with E-state index in [0.717, 1.165) is 0 Å². The number of hydrogen-bond donors (Lipinski definition) is 2. The number of aromatic amines is 1. The van der Waals surface area contributed by atoms with E-state index < -0.39 is 17.4 Å². The van der Waals surface area contributed by atoms with Gasteiger partial charge in [-0.25, -0.2) is 24.3 Å². The van der Waals surface area contributed by atoms with E-state index in [9.17, 15) is 9.18 Å². The fourth-order valence-corrected chi connectivity index (χ4v) is 3.56. The number of hydrogen-bond acceptors (Lipinski definition) is 6. The lowest BCUT2D eigenvalue weighted by atomic mass is 10.1. The molecule has 2 N–H and O–H groups in total. The molecule has 0 saturated carbocycles. The van der Waals surface area contributed by atoms with Crippen molar-refractivity contribution >= 4 is 16.7 Å². The van der Waals surface area contributed by atoms with Gasteiger partial charge in [0.15, 0.2) is 5.82 Å². The maximum absolute atomic E-state index is 14.6. The number of H-pyrrole nitrogens is 1. The highest BCUT2D eigenvalue weighted by Crippen LogP contribution is 2.28. The molecule has 9 heteroatoms. The van der Waals surface area contributed by atoms with Gasteiger partial charge in [-0.1, -0.05) is 31.2 Å². The van der Waals surface area contributed by atoms with Crippen LogP contribution in [-0.2, 0) is 0 Å². The van der Waals surface area contributed by atoms with E-state index in [1.54, 1.807) is 30.3 Å². The summed E-state index contributed by atoms with van der Waals surface area (Å²) in [6.45, 7) is 1.90. The molecule has 1 atom stereocenters. The number of nitrogens with zero attached hydrogens (tertiary/aromatic N) is 5. The summed E-state index contributed by atoms with van der Waals surface area (Å²) in [5.41, 5.74) is 0.567. The van der Waals surface area contributed by atoms with Crippen LogP contribution >= 0.6 is 0 Å². The van der Waals surface area contributed by atoms with Crippen LogP contribution in [0.1, 0.15) is 28.0 Å². The van der Waals surface area contributed by atoms with Crippen molar-refractivity contribution in [2.45, 2.75) is 19.4 Å².